The van der Waals surface area contributed by atoms with Crippen LogP contribution in [0, 0.1) is 18.3 Å². The molecule has 2 aliphatic heterocycles. The number of hydrogen-bond donors (Lipinski definition) is 3. The highest BCUT2D eigenvalue weighted by Crippen LogP contribution is 2.27. The molecule has 1 atom stereocenters. The topological polar surface area (TPSA) is 151 Å². The van der Waals surface area contributed by atoms with Gasteiger partial charge in [0.1, 0.15) is 23.1 Å². The molecular weight excluding hydrogens is 557 g/mol. The molecule has 4 heterocycles. The zero-order chi connectivity index (χ0) is 30.1. The molecule has 0 unspecified atom stereocenters. The molecule has 1 saturated heterocycles. The molecule has 3 N–H and O–H groups in total. The first-order valence-electron chi connectivity index (χ1n) is 13.1. The van der Waals surface area contributed by atoms with Crippen LogP contribution in [0.2, 0.25) is 0 Å². The lowest BCUT2D eigenvalue weighted by Crippen LogP contribution is -2.57. The highest BCUT2D eigenvalue weighted by molar-refractivity contribution is 6.08. The van der Waals surface area contributed by atoms with Crippen LogP contribution in [0.25, 0.3) is 5.82 Å². The summed E-state index contributed by atoms with van der Waals surface area (Å²) in [5.41, 5.74) is 1.12. The van der Waals surface area contributed by atoms with Gasteiger partial charge in [-0.3, -0.25) is 9.59 Å². The van der Waals surface area contributed by atoms with Gasteiger partial charge in [0, 0.05) is 18.7 Å². The smallest absolute Gasteiger partial charge is 0.422 e. The van der Waals surface area contributed by atoms with Gasteiger partial charge < -0.3 is 25.2 Å². The zero-order valence-electron chi connectivity index (χ0n) is 22.5. The number of alkyl halides is 3. The number of aliphatic hydroxyl groups is 1. The van der Waals surface area contributed by atoms with Gasteiger partial charge in [0.05, 0.1) is 36.6 Å². The van der Waals surface area contributed by atoms with E-state index in [2.05, 4.69) is 20.7 Å². The quantitative estimate of drug-likeness (QED) is 0.346. The van der Waals surface area contributed by atoms with Crippen LogP contribution in [-0.4, -0.2) is 75.9 Å². The molecule has 1 fully saturated rings. The summed E-state index contributed by atoms with van der Waals surface area (Å²) in [4.78, 5) is 30.9. The van der Waals surface area contributed by atoms with E-state index in [1.165, 1.54) is 29.1 Å². The van der Waals surface area contributed by atoms with E-state index >= 15 is 0 Å². The maximum atomic E-state index is 13.3. The van der Waals surface area contributed by atoms with Gasteiger partial charge in [0.2, 0.25) is 0 Å². The second-order valence-electron chi connectivity index (χ2n) is 10.4. The molecule has 42 heavy (non-hydrogen) atoms. The molecular formula is C28H27F3N6O5. The van der Waals surface area contributed by atoms with Crippen LogP contribution >= 0.6 is 0 Å². The first kappa shape index (κ1) is 29.0. The molecule has 0 radical (unpaired) electrons. The van der Waals surface area contributed by atoms with Gasteiger partial charge in [0.15, 0.2) is 12.4 Å². The fourth-order valence-electron chi connectivity index (χ4n) is 4.78. The molecule has 0 aliphatic carbocycles. The Hall–Kier alpha value is -4.48. The van der Waals surface area contributed by atoms with Crippen LogP contribution in [0.4, 0.5) is 13.2 Å². The lowest BCUT2D eigenvalue weighted by molar-refractivity contribution is -0.173. The molecule has 0 spiro atoms. The van der Waals surface area contributed by atoms with Crippen LogP contribution in [0.1, 0.15) is 49.7 Å². The molecule has 3 aromatic rings. The average Bonchev–Trinajstić information content (AvgIpc) is 3.33. The van der Waals surface area contributed by atoms with E-state index in [1.807, 2.05) is 13.0 Å². The third-order valence-corrected chi connectivity index (χ3v) is 7.07. The largest absolute Gasteiger partial charge is 0.484 e. The summed E-state index contributed by atoms with van der Waals surface area (Å²) in [6.45, 7) is 0.490. The van der Waals surface area contributed by atoms with Crippen molar-refractivity contribution in [1.29, 1.82) is 5.26 Å². The minimum Gasteiger partial charge on any atom is -0.484 e. The Kier molecular flexibility index (Phi) is 7.89. The number of nitrogens with zero attached hydrogens (tertiary/aromatic N) is 4. The summed E-state index contributed by atoms with van der Waals surface area (Å²) in [5.74, 6) is -0.841. The number of fused-ring (bicyclic) bond motifs is 1. The second-order valence-corrected chi connectivity index (χ2v) is 10.4. The minimum atomic E-state index is -4.45. The summed E-state index contributed by atoms with van der Waals surface area (Å²) in [5, 5.41) is 29.6. The maximum absolute atomic E-state index is 13.3. The van der Waals surface area contributed by atoms with Crippen LogP contribution in [-0.2, 0) is 17.6 Å². The van der Waals surface area contributed by atoms with E-state index in [0.717, 1.165) is 11.1 Å². The summed E-state index contributed by atoms with van der Waals surface area (Å²) in [6.07, 6.45) is -1.95. The van der Waals surface area contributed by atoms with Crippen molar-refractivity contribution in [1.82, 2.24) is 25.4 Å². The number of nitriles is 1. The predicted octanol–water partition coefficient (Wildman–Crippen LogP) is 2.17. The highest BCUT2D eigenvalue weighted by Gasteiger charge is 2.39. The zero-order valence-corrected chi connectivity index (χ0v) is 22.5. The van der Waals surface area contributed by atoms with Gasteiger partial charge in [-0.1, -0.05) is 6.07 Å². The number of ether oxygens (including phenoxy) is 2. The van der Waals surface area contributed by atoms with Crippen molar-refractivity contribution in [3.05, 3.63) is 70.2 Å². The first-order chi connectivity index (χ1) is 19.9. The van der Waals surface area contributed by atoms with E-state index < -0.39 is 30.2 Å². The van der Waals surface area contributed by atoms with Crippen LogP contribution < -0.4 is 15.4 Å². The van der Waals surface area contributed by atoms with Crippen LogP contribution in [0.3, 0.4) is 0 Å². The SMILES string of the molecule is Cc1ccc(OCC(F)(F)F)cc1CC[C@H]1Cc2nn(-c3ccc(C#N)cn3)c(C(=O)NCC3(O)COC3)c2C(=O)N1. The number of halogens is 3. The van der Waals surface area contributed by atoms with Gasteiger partial charge in [-0.25, -0.2) is 9.67 Å². The number of aromatic nitrogens is 3. The molecule has 220 valence electrons. The summed E-state index contributed by atoms with van der Waals surface area (Å²) in [6, 6.07) is 9.34. The Balaban J connectivity index is 1.37. The Morgan fingerprint density at radius 1 is 1.33 bits per heavy atom. The van der Waals surface area contributed by atoms with Gasteiger partial charge in [-0.2, -0.15) is 23.5 Å². The number of benzene rings is 1. The fraction of sp³-hybridized carbons (Fsp3) is 0.393. The van der Waals surface area contributed by atoms with Gasteiger partial charge >= 0.3 is 6.18 Å². The van der Waals surface area contributed by atoms with Crippen molar-refractivity contribution in [2.45, 2.75) is 44.0 Å². The number of amides is 2. The molecule has 0 saturated carbocycles. The van der Waals surface area contributed by atoms with Crippen molar-refractivity contribution >= 4 is 11.8 Å². The molecule has 2 amide bonds. The number of nitrogens with one attached hydrogen (secondary N) is 2. The number of hydrogen-bond acceptors (Lipinski definition) is 8. The van der Waals surface area contributed by atoms with E-state index in [4.69, 9.17) is 14.7 Å². The van der Waals surface area contributed by atoms with Crippen LogP contribution in [0.15, 0.2) is 36.5 Å². The highest BCUT2D eigenvalue weighted by atomic mass is 19.4. The lowest BCUT2D eigenvalue weighted by atomic mass is 9.94. The van der Waals surface area contributed by atoms with Crippen molar-refractivity contribution in [2.75, 3.05) is 26.4 Å². The number of aryl methyl sites for hydroxylation is 2. The summed E-state index contributed by atoms with van der Waals surface area (Å²) >= 11 is 0. The fourth-order valence-corrected chi connectivity index (χ4v) is 4.78. The number of rotatable bonds is 9. The van der Waals surface area contributed by atoms with Gasteiger partial charge in [-0.15, -0.1) is 0 Å². The third-order valence-electron chi connectivity index (χ3n) is 7.07. The van der Waals surface area contributed by atoms with Crippen molar-refractivity contribution in [3.63, 3.8) is 0 Å². The Labute approximate surface area is 238 Å². The number of carbonyl (C=O) groups is 2. The van der Waals surface area contributed by atoms with Crippen molar-refractivity contribution in [3.8, 4) is 17.6 Å². The van der Waals surface area contributed by atoms with E-state index in [9.17, 15) is 27.9 Å². The van der Waals surface area contributed by atoms with E-state index in [1.54, 1.807) is 12.1 Å². The second kappa shape index (κ2) is 11.4. The normalized spacial score (nSPS) is 17.4. The van der Waals surface area contributed by atoms with Crippen LogP contribution in [0.5, 0.6) is 5.75 Å². The Morgan fingerprint density at radius 3 is 2.76 bits per heavy atom. The average molecular weight is 585 g/mol. The van der Waals surface area contributed by atoms with E-state index in [-0.39, 0.29) is 55.0 Å². The molecule has 5 rings (SSSR count). The monoisotopic (exact) mass is 584 g/mol. The first-order valence-corrected chi connectivity index (χ1v) is 13.1. The van der Waals surface area contributed by atoms with Gasteiger partial charge in [-0.05, 0) is 55.2 Å². The minimum absolute atomic E-state index is 0.0626. The van der Waals surface area contributed by atoms with Crippen molar-refractivity contribution < 1.29 is 37.3 Å². The molecule has 1 aromatic carbocycles. The third kappa shape index (κ3) is 6.37. The van der Waals surface area contributed by atoms with Gasteiger partial charge in [0.25, 0.3) is 11.8 Å². The summed E-state index contributed by atoms with van der Waals surface area (Å²) in [7, 11) is 0. The lowest BCUT2D eigenvalue weighted by Gasteiger charge is -2.36. The standard InChI is InChI=1S/C28H27F3N6O5/c1-16-2-6-20(42-15-28(29,30)31)8-18(16)4-5-19-9-21-23(25(38)35-19)24(26(39)34-12-27(40)13-41-14-27)37(36-21)22-7-3-17(10-32)11-33-22/h2-3,6-8,11,19,40H,4-5,9,12-15H2,1H3,(H,34,39)(H,35,38)/t19-/m0/s1. The molecule has 11 nitrogen and oxygen atoms in total. The predicted molar refractivity (Wildman–Crippen MR) is 140 cm³/mol. The Bertz CT molecular complexity index is 1540. The van der Waals surface area contributed by atoms with E-state index in [0.29, 0.717) is 24.1 Å². The Morgan fingerprint density at radius 2 is 2.12 bits per heavy atom. The maximum Gasteiger partial charge on any atom is 0.422 e. The number of pyridine rings is 1. The molecule has 14 heteroatoms. The number of carbonyl (C=O) groups excluding carboxylic acids is 2. The molecule has 0 bridgehead atoms. The molecule has 2 aromatic heterocycles. The molecule has 2 aliphatic rings. The van der Waals surface area contributed by atoms with Crippen molar-refractivity contribution in [2.24, 2.45) is 0 Å². The summed E-state index contributed by atoms with van der Waals surface area (Å²) < 4.78 is 48.9.